The third-order valence-corrected chi connectivity index (χ3v) is 4.34. The number of thiophene rings is 1. The van der Waals surface area contributed by atoms with Gasteiger partial charge in [0, 0.05) is 18.0 Å². The number of primary amides is 2. The fourth-order valence-corrected chi connectivity index (χ4v) is 3.21. The first-order valence-electron chi connectivity index (χ1n) is 7.35. The van der Waals surface area contributed by atoms with Crippen molar-refractivity contribution >= 4 is 28.3 Å². The number of anilines is 1. The van der Waals surface area contributed by atoms with Crippen LogP contribution < -0.4 is 22.1 Å². The molecule has 2 aromatic rings. The molecule has 0 aliphatic rings. The van der Waals surface area contributed by atoms with Gasteiger partial charge < -0.3 is 21.9 Å². The summed E-state index contributed by atoms with van der Waals surface area (Å²) in [6.45, 7) is 2.90. The van der Waals surface area contributed by atoms with Crippen molar-refractivity contribution in [3.8, 4) is 10.4 Å². The Kier molecular flexibility index (Phi) is 5.91. The molecule has 0 spiro atoms. The highest BCUT2D eigenvalue weighted by molar-refractivity contribution is 7.20. The second-order valence-corrected chi connectivity index (χ2v) is 6.44. The molecule has 7 nitrogen and oxygen atoms in total. The van der Waals surface area contributed by atoms with Gasteiger partial charge in [0.05, 0.1) is 11.7 Å². The van der Waals surface area contributed by atoms with Crippen molar-refractivity contribution in [2.24, 2.45) is 11.5 Å². The summed E-state index contributed by atoms with van der Waals surface area (Å²) in [7, 11) is 0. The number of carbonyl (C=O) groups excluding carboxylic acids is 2. The van der Waals surface area contributed by atoms with Crippen molar-refractivity contribution in [1.29, 1.82) is 0 Å². The molecule has 0 saturated heterocycles. The van der Waals surface area contributed by atoms with Gasteiger partial charge in [-0.25, -0.2) is 4.79 Å². The van der Waals surface area contributed by atoms with Crippen LogP contribution in [0.2, 0.25) is 0 Å². The van der Waals surface area contributed by atoms with Crippen molar-refractivity contribution < 1.29 is 14.7 Å². The average molecular weight is 348 g/mol. The summed E-state index contributed by atoms with van der Waals surface area (Å²) < 4.78 is 0. The Labute approximate surface area is 143 Å². The lowest BCUT2D eigenvalue weighted by Crippen LogP contribution is -2.23. The number of aliphatic hydroxyl groups is 1. The van der Waals surface area contributed by atoms with E-state index in [9.17, 15) is 14.7 Å². The van der Waals surface area contributed by atoms with E-state index in [-0.39, 0.29) is 5.56 Å². The summed E-state index contributed by atoms with van der Waals surface area (Å²) in [5.74, 6) is -0.625. The smallest absolute Gasteiger partial charge is 0.317 e. The van der Waals surface area contributed by atoms with Crippen LogP contribution in [0.15, 0.2) is 30.3 Å². The molecule has 0 bridgehead atoms. The number of urea groups is 1. The average Bonchev–Trinajstić information content (AvgIpc) is 2.91. The van der Waals surface area contributed by atoms with E-state index in [0.717, 1.165) is 16.0 Å². The molecule has 0 unspecified atom stereocenters. The summed E-state index contributed by atoms with van der Waals surface area (Å²) in [5.41, 5.74) is 12.6. The molecule has 1 atom stereocenters. The molecule has 0 aliphatic carbocycles. The molecular formula is C16H20N4O3S. The summed E-state index contributed by atoms with van der Waals surface area (Å²) in [6, 6.07) is 8.64. The number of hydrogen-bond acceptors (Lipinski definition) is 5. The van der Waals surface area contributed by atoms with Gasteiger partial charge in [-0.15, -0.1) is 11.3 Å². The van der Waals surface area contributed by atoms with Crippen molar-refractivity contribution in [3.63, 3.8) is 0 Å². The Balaban J connectivity index is 2.16. The van der Waals surface area contributed by atoms with E-state index in [0.29, 0.717) is 18.1 Å². The van der Waals surface area contributed by atoms with Crippen molar-refractivity contribution in [2.75, 3.05) is 11.9 Å². The van der Waals surface area contributed by atoms with Crippen LogP contribution in [-0.4, -0.2) is 29.7 Å². The van der Waals surface area contributed by atoms with Gasteiger partial charge in [0.2, 0.25) is 0 Å². The molecule has 2 rings (SSSR count). The van der Waals surface area contributed by atoms with Gasteiger partial charge >= 0.3 is 6.03 Å². The van der Waals surface area contributed by atoms with Crippen LogP contribution in [0.3, 0.4) is 0 Å². The number of rotatable bonds is 7. The molecule has 0 fully saturated rings. The fraction of sp³-hybridized carbons (Fsp3) is 0.250. The van der Waals surface area contributed by atoms with E-state index in [1.165, 1.54) is 11.3 Å². The van der Waals surface area contributed by atoms with Gasteiger partial charge in [-0.3, -0.25) is 10.1 Å². The second kappa shape index (κ2) is 7.91. The predicted molar refractivity (Wildman–Crippen MR) is 94.9 cm³/mol. The number of amides is 3. The third-order valence-electron chi connectivity index (χ3n) is 3.24. The predicted octanol–water partition coefficient (Wildman–Crippen LogP) is 1.47. The third kappa shape index (κ3) is 4.79. The van der Waals surface area contributed by atoms with Crippen LogP contribution in [0.1, 0.15) is 22.8 Å². The van der Waals surface area contributed by atoms with E-state index in [1.54, 1.807) is 13.0 Å². The lowest BCUT2D eigenvalue weighted by Gasteiger charge is -2.07. The molecule has 0 radical (unpaired) electrons. The van der Waals surface area contributed by atoms with Crippen LogP contribution >= 0.6 is 11.3 Å². The minimum atomic E-state index is -0.745. The zero-order valence-corrected chi connectivity index (χ0v) is 14.0. The van der Waals surface area contributed by atoms with E-state index >= 15 is 0 Å². The Morgan fingerprint density at radius 2 is 1.92 bits per heavy atom. The molecule has 3 amide bonds. The molecule has 1 aromatic heterocycles. The van der Waals surface area contributed by atoms with Crippen LogP contribution in [0, 0.1) is 0 Å². The highest BCUT2D eigenvalue weighted by atomic mass is 32.1. The number of hydrogen-bond donors (Lipinski definition) is 5. The molecule has 0 aliphatic heterocycles. The topological polar surface area (TPSA) is 130 Å². The monoisotopic (exact) mass is 348 g/mol. The quantitative estimate of drug-likeness (QED) is 0.518. The second-order valence-electron chi connectivity index (χ2n) is 5.38. The van der Waals surface area contributed by atoms with Crippen LogP contribution in [0.4, 0.5) is 9.80 Å². The molecule has 0 saturated carbocycles. The molecule has 24 heavy (non-hydrogen) atoms. The first kappa shape index (κ1) is 17.9. The van der Waals surface area contributed by atoms with Crippen LogP contribution in [0.5, 0.6) is 0 Å². The first-order chi connectivity index (χ1) is 11.4. The number of nitrogens with two attached hydrogens (primary N) is 2. The van der Waals surface area contributed by atoms with Crippen molar-refractivity contribution in [2.45, 2.75) is 19.6 Å². The summed E-state index contributed by atoms with van der Waals surface area (Å²) in [6.07, 6.45) is -0.390. The Bertz CT molecular complexity index is 725. The largest absolute Gasteiger partial charge is 0.392 e. The maximum atomic E-state index is 11.5. The minimum absolute atomic E-state index is 0.233. The standard InChI is InChI=1S/C16H20N4O3S/c1-9(21)7-19-8-10-2-4-11(5-3-10)13-6-12(14(17)22)15(24-13)20-16(18)23/h2-6,9,19,21H,7-8H2,1H3,(H2,17,22)(H3,18,20,23)/t9-/m1/s1. The van der Waals surface area contributed by atoms with Gasteiger partial charge in [-0.2, -0.15) is 0 Å². The van der Waals surface area contributed by atoms with Gasteiger partial charge in [0.25, 0.3) is 5.91 Å². The zero-order chi connectivity index (χ0) is 17.7. The Morgan fingerprint density at radius 1 is 1.25 bits per heavy atom. The molecule has 1 aromatic carbocycles. The lowest BCUT2D eigenvalue weighted by molar-refractivity contribution is 0.100. The Morgan fingerprint density at radius 3 is 2.46 bits per heavy atom. The molecule has 8 heteroatoms. The maximum absolute atomic E-state index is 11.5. The molecule has 1 heterocycles. The van der Waals surface area contributed by atoms with Gasteiger partial charge in [0.1, 0.15) is 5.00 Å². The number of carbonyl (C=O) groups is 2. The SMILES string of the molecule is C[C@@H](O)CNCc1ccc(-c2cc(C(N)=O)c(NC(N)=O)s2)cc1. The summed E-state index contributed by atoms with van der Waals surface area (Å²) in [4.78, 5) is 23.3. The van der Waals surface area contributed by atoms with E-state index in [4.69, 9.17) is 11.5 Å². The Hall–Kier alpha value is -2.42. The van der Waals surface area contributed by atoms with Crippen molar-refractivity contribution in [1.82, 2.24) is 5.32 Å². The number of benzene rings is 1. The highest BCUT2D eigenvalue weighted by Crippen LogP contribution is 2.35. The molecular weight excluding hydrogens is 328 g/mol. The first-order valence-corrected chi connectivity index (χ1v) is 8.16. The maximum Gasteiger partial charge on any atom is 0.317 e. The fourth-order valence-electron chi connectivity index (χ4n) is 2.13. The lowest BCUT2D eigenvalue weighted by atomic mass is 10.1. The zero-order valence-electron chi connectivity index (χ0n) is 13.2. The van der Waals surface area contributed by atoms with Gasteiger partial charge in [-0.1, -0.05) is 24.3 Å². The van der Waals surface area contributed by atoms with Crippen LogP contribution in [-0.2, 0) is 6.54 Å². The summed E-state index contributed by atoms with van der Waals surface area (Å²) in [5, 5.41) is 15.1. The summed E-state index contributed by atoms with van der Waals surface area (Å²) >= 11 is 1.24. The van der Waals surface area contributed by atoms with Gasteiger partial charge in [0.15, 0.2) is 0 Å². The number of nitrogens with one attached hydrogen (secondary N) is 2. The van der Waals surface area contributed by atoms with E-state index < -0.39 is 18.0 Å². The van der Waals surface area contributed by atoms with E-state index in [2.05, 4.69) is 10.6 Å². The van der Waals surface area contributed by atoms with Crippen molar-refractivity contribution in [3.05, 3.63) is 41.5 Å². The van der Waals surface area contributed by atoms with Crippen LogP contribution in [0.25, 0.3) is 10.4 Å². The molecule has 7 N–H and O–H groups in total. The number of aliphatic hydroxyl groups excluding tert-OH is 1. The minimum Gasteiger partial charge on any atom is -0.392 e. The van der Waals surface area contributed by atoms with E-state index in [1.807, 2.05) is 24.3 Å². The highest BCUT2D eigenvalue weighted by Gasteiger charge is 2.16. The molecule has 128 valence electrons. The van der Waals surface area contributed by atoms with Gasteiger partial charge in [-0.05, 0) is 24.1 Å². The normalized spacial score (nSPS) is 11.9.